The average Bonchev–Trinajstić information content (AvgIpc) is 2.82. The first-order chi connectivity index (χ1) is 9.26. The summed E-state index contributed by atoms with van der Waals surface area (Å²) in [4.78, 5) is 13.7. The minimum absolute atomic E-state index is 0.0392. The van der Waals surface area contributed by atoms with Crippen molar-refractivity contribution in [3.05, 3.63) is 48.0 Å². The van der Waals surface area contributed by atoms with Gasteiger partial charge in [0.25, 0.3) is 0 Å². The Morgan fingerprint density at radius 2 is 2.32 bits per heavy atom. The summed E-state index contributed by atoms with van der Waals surface area (Å²) in [5.41, 5.74) is 2.52. The number of urea groups is 1. The van der Waals surface area contributed by atoms with Crippen LogP contribution in [0.25, 0.3) is 0 Å². The summed E-state index contributed by atoms with van der Waals surface area (Å²) >= 11 is 0. The Kier molecular flexibility index (Phi) is 4.58. The van der Waals surface area contributed by atoms with Crippen LogP contribution in [0.4, 0.5) is 4.79 Å². The van der Waals surface area contributed by atoms with E-state index in [1.165, 1.54) is 11.1 Å². The second-order valence-electron chi connectivity index (χ2n) is 4.70. The topological polar surface area (TPSA) is 52.6 Å². The van der Waals surface area contributed by atoms with E-state index in [1.807, 2.05) is 12.1 Å². The zero-order chi connectivity index (χ0) is 13.7. The molecule has 0 saturated heterocycles. The third-order valence-corrected chi connectivity index (χ3v) is 3.44. The van der Waals surface area contributed by atoms with Gasteiger partial charge in [-0.3, -0.25) is 0 Å². The lowest BCUT2D eigenvalue weighted by Gasteiger charge is -2.23. The molecule has 0 aliphatic heterocycles. The highest BCUT2D eigenvalue weighted by molar-refractivity contribution is 5.75. The predicted octanol–water partition coefficient (Wildman–Crippen LogP) is 1.86. The standard InChI is InChI=1S/C15H20N2O2/c1-2-9-17(10-11-18)15(19)16-14-8-7-12-5-3-4-6-13(12)14/h2-6,14,18H,1,7-11H2,(H,16,19). The Labute approximate surface area is 113 Å². The first kappa shape index (κ1) is 13.6. The number of nitrogens with zero attached hydrogens (tertiary/aromatic N) is 1. The highest BCUT2D eigenvalue weighted by Crippen LogP contribution is 2.30. The van der Waals surface area contributed by atoms with Crippen molar-refractivity contribution in [3.63, 3.8) is 0 Å². The second-order valence-corrected chi connectivity index (χ2v) is 4.70. The summed E-state index contributed by atoms with van der Waals surface area (Å²) < 4.78 is 0. The molecule has 1 aromatic rings. The molecule has 2 N–H and O–H groups in total. The molecular weight excluding hydrogens is 240 g/mol. The molecule has 0 fully saturated rings. The first-order valence-corrected chi connectivity index (χ1v) is 6.61. The molecule has 102 valence electrons. The molecule has 0 saturated carbocycles. The maximum atomic E-state index is 12.1. The van der Waals surface area contributed by atoms with E-state index in [0.717, 1.165) is 12.8 Å². The van der Waals surface area contributed by atoms with Gasteiger partial charge < -0.3 is 15.3 Å². The van der Waals surface area contributed by atoms with Gasteiger partial charge in [0, 0.05) is 13.1 Å². The van der Waals surface area contributed by atoms with Gasteiger partial charge in [-0.05, 0) is 24.0 Å². The molecule has 2 rings (SSSR count). The quantitative estimate of drug-likeness (QED) is 0.794. The third kappa shape index (κ3) is 3.15. The summed E-state index contributed by atoms with van der Waals surface area (Å²) in [5.74, 6) is 0. The Balaban J connectivity index is 2.01. The zero-order valence-electron chi connectivity index (χ0n) is 11.0. The molecule has 4 nitrogen and oxygen atoms in total. The van der Waals surface area contributed by atoms with Crippen molar-refractivity contribution in [2.24, 2.45) is 0 Å². The molecule has 1 atom stereocenters. The monoisotopic (exact) mass is 260 g/mol. The lowest BCUT2D eigenvalue weighted by Crippen LogP contribution is -2.42. The number of rotatable bonds is 5. The van der Waals surface area contributed by atoms with Crippen molar-refractivity contribution >= 4 is 6.03 Å². The number of hydrogen-bond acceptors (Lipinski definition) is 2. The van der Waals surface area contributed by atoms with Gasteiger partial charge >= 0.3 is 6.03 Å². The summed E-state index contributed by atoms with van der Waals surface area (Å²) in [5, 5.41) is 12.0. The fourth-order valence-corrected chi connectivity index (χ4v) is 2.50. The van der Waals surface area contributed by atoms with Crippen LogP contribution in [0.2, 0.25) is 0 Å². The van der Waals surface area contributed by atoms with E-state index in [2.05, 4.69) is 24.0 Å². The number of carbonyl (C=O) groups is 1. The summed E-state index contributed by atoms with van der Waals surface area (Å²) in [7, 11) is 0. The number of carbonyl (C=O) groups excluding carboxylic acids is 1. The molecule has 0 aromatic heterocycles. The normalized spacial score (nSPS) is 16.8. The number of benzene rings is 1. The molecule has 0 bridgehead atoms. The zero-order valence-corrected chi connectivity index (χ0v) is 11.0. The van der Waals surface area contributed by atoms with Crippen LogP contribution < -0.4 is 5.32 Å². The highest BCUT2D eigenvalue weighted by atomic mass is 16.3. The van der Waals surface area contributed by atoms with Crippen molar-refractivity contribution in [1.29, 1.82) is 0 Å². The van der Waals surface area contributed by atoms with E-state index < -0.39 is 0 Å². The predicted molar refractivity (Wildman–Crippen MR) is 74.9 cm³/mol. The van der Waals surface area contributed by atoms with E-state index in [4.69, 9.17) is 5.11 Å². The number of fused-ring (bicyclic) bond motifs is 1. The third-order valence-electron chi connectivity index (χ3n) is 3.44. The molecule has 0 heterocycles. The van der Waals surface area contributed by atoms with Gasteiger partial charge in [0.15, 0.2) is 0 Å². The lowest BCUT2D eigenvalue weighted by atomic mass is 10.1. The van der Waals surface area contributed by atoms with Crippen LogP contribution in [0.3, 0.4) is 0 Å². The van der Waals surface area contributed by atoms with Gasteiger partial charge in [-0.2, -0.15) is 0 Å². The molecule has 1 unspecified atom stereocenters. The van der Waals surface area contributed by atoms with Crippen LogP contribution in [0.15, 0.2) is 36.9 Å². The number of aliphatic hydroxyl groups excluding tert-OH is 1. The largest absolute Gasteiger partial charge is 0.395 e. The van der Waals surface area contributed by atoms with Crippen LogP contribution in [0.1, 0.15) is 23.6 Å². The number of aryl methyl sites for hydroxylation is 1. The van der Waals surface area contributed by atoms with Crippen molar-refractivity contribution in [2.45, 2.75) is 18.9 Å². The lowest BCUT2D eigenvalue weighted by molar-refractivity contribution is 0.180. The molecule has 4 heteroatoms. The van der Waals surface area contributed by atoms with Gasteiger partial charge in [0.2, 0.25) is 0 Å². The number of amides is 2. The van der Waals surface area contributed by atoms with Crippen molar-refractivity contribution < 1.29 is 9.90 Å². The van der Waals surface area contributed by atoms with Crippen molar-refractivity contribution in [3.8, 4) is 0 Å². The van der Waals surface area contributed by atoms with Crippen LogP contribution in [-0.2, 0) is 6.42 Å². The van der Waals surface area contributed by atoms with E-state index in [9.17, 15) is 4.79 Å². The highest BCUT2D eigenvalue weighted by Gasteiger charge is 2.24. The van der Waals surface area contributed by atoms with Gasteiger partial charge in [0.1, 0.15) is 0 Å². The molecule has 2 amide bonds. The molecule has 1 aromatic carbocycles. The van der Waals surface area contributed by atoms with Gasteiger partial charge in [0.05, 0.1) is 12.6 Å². The van der Waals surface area contributed by atoms with E-state index in [1.54, 1.807) is 11.0 Å². The van der Waals surface area contributed by atoms with Crippen LogP contribution >= 0.6 is 0 Å². The number of hydrogen-bond donors (Lipinski definition) is 2. The Hall–Kier alpha value is -1.81. The molecule has 1 aliphatic carbocycles. The van der Waals surface area contributed by atoms with Crippen LogP contribution in [0.5, 0.6) is 0 Å². The number of nitrogens with one attached hydrogen (secondary N) is 1. The van der Waals surface area contributed by atoms with E-state index in [0.29, 0.717) is 13.1 Å². The second kappa shape index (κ2) is 6.38. The Morgan fingerprint density at radius 3 is 3.05 bits per heavy atom. The van der Waals surface area contributed by atoms with Crippen molar-refractivity contribution in [2.75, 3.05) is 19.7 Å². The van der Waals surface area contributed by atoms with Crippen LogP contribution in [0, 0.1) is 0 Å². The molecule has 1 aliphatic rings. The van der Waals surface area contributed by atoms with Gasteiger partial charge in [-0.25, -0.2) is 4.79 Å². The number of aliphatic hydroxyl groups is 1. The first-order valence-electron chi connectivity index (χ1n) is 6.61. The van der Waals surface area contributed by atoms with Gasteiger partial charge in [-0.15, -0.1) is 6.58 Å². The minimum Gasteiger partial charge on any atom is -0.395 e. The fraction of sp³-hybridized carbons (Fsp3) is 0.400. The summed E-state index contributed by atoms with van der Waals surface area (Å²) in [6.07, 6.45) is 3.60. The summed E-state index contributed by atoms with van der Waals surface area (Å²) in [6.45, 7) is 4.36. The maximum Gasteiger partial charge on any atom is 0.318 e. The fourth-order valence-electron chi connectivity index (χ4n) is 2.50. The van der Waals surface area contributed by atoms with E-state index >= 15 is 0 Å². The van der Waals surface area contributed by atoms with Gasteiger partial charge in [-0.1, -0.05) is 30.3 Å². The molecule has 0 spiro atoms. The minimum atomic E-state index is -0.143. The molecule has 19 heavy (non-hydrogen) atoms. The maximum absolute atomic E-state index is 12.1. The average molecular weight is 260 g/mol. The Bertz CT molecular complexity index is 459. The smallest absolute Gasteiger partial charge is 0.318 e. The van der Waals surface area contributed by atoms with Crippen LogP contribution in [-0.4, -0.2) is 35.7 Å². The molecular formula is C15H20N2O2. The SMILES string of the molecule is C=CCN(CCO)C(=O)NC1CCc2ccccc21. The summed E-state index contributed by atoms with van der Waals surface area (Å²) in [6, 6.07) is 8.14. The van der Waals surface area contributed by atoms with E-state index in [-0.39, 0.29) is 18.7 Å². The van der Waals surface area contributed by atoms with Crippen molar-refractivity contribution in [1.82, 2.24) is 10.2 Å². The molecule has 0 radical (unpaired) electrons. The Morgan fingerprint density at radius 1 is 1.53 bits per heavy atom.